The fraction of sp³-hybridized carbons (Fsp3) is 0.261. The number of piperidine rings is 1. The number of anilines is 2. The second kappa shape index (κ2) is 9.69. The van der Waals surface area contributed by atoms with Gasteiger partial charge in [0, 0.05) is 0 Å². The molecule has 8 nitrogen and oxygen atoms in total. The SMILES string of the molecule is Nc1nc([AsH]C2CCCN(c3nc(-c4ccc(F)cc4F)cn4ncnc34)C2)ccc1C(=O)C(F)(F)F. The molecule has 0 saturated carbocycles. The predicted octanol–water partition coefficient (Wildman–Crippen LogP) is 2.94. The molecular formula is C23H19AsF5N7O. The Kier molecular flexibility index (Phi) is 6.57. The summed E-state index contributed by atoms with van der Waals surface area (Å²) in [4.78, 5) is 26.6. The van der Waals surface area contributed by atoms with Gasteiger partial charge in [0.05, 0.1) is 0 Å². The van der Waals surface area contributed by atoms with Gasteiger partial charge in [0.2, 0.25) is 0 Å². The molecule has 1 saturated heterocycles. The van der Waals surface area contributed by atoms with Gasteiger partial charge in [-0.25, -0.2) is 0 Å². The van der Waals surface area contributed by atoms with Gasteiger partial charge in [-0.2, -0.15) is 0 Å². The minimum absolute atomic E-state index is 0.121. The first-order chi connectivity index (χ1) is 17.6. The fourth-order valence-corrected chi connectivity index (χ4v) is 7.28. The van der Waals surface area contributed by atoms with Gasteiger partial charge >= 0.3 is 213 Å². The maximum absolute atomic E-state index is 14.5. The number of nitrogens with zero attached hydrogens (tertiary/aromatic N) is 6. The second-order valence-electron chi connectivity index (χ2n) is 8.49. The number of alkyl halides is 3. The predicted molar refractivity (Wildman–Crippen MR) is 127 cm³/mol. The maximum atomic E-state index is 14.5. The van der Waals surface area contributed by atoms with E-state index in [-0.39, 0.29) is 16.0 Å². The molecule has 1 aromatic carbocycles. The number of aromatic nitrogens is 5. The van der Waals surface area contributed by atoms with Crippen LogP contribution in [0.3, 0.4) is 0 Å². The molecule has 0 radical (unpaired) electrons. The van der Waals surface area contributed by atoms with E-state index in [9.17, 15) is 26.7 Å². The molecule has 4 aromatic rings. The number of fused-ring (bicyclic) bond motifs is 1. The summed E-state index contributed by atoms with van der Waals surface area (Å²) in [5.41, 5.74) is 5.89. The van der Waals surface area contributed by atoms with Gasteiger partial charge in [0.1, 0.15) is 0 Å². The first-order valence-corrected chi connectivity index (χ1v) is 13.4. The van der Waals surface area contributed by atoms with Crippen LogP contribution in [0.4, 0.5) is 33.6 Å². The zero-order valence-electron chi connectivity index (χ0n) is 19.0. The Labute approximate surface area is 213 Å². The van der Waals surface area contributed by atoms with Gasteiger partial charge in [0.25, 0.3) is 0 Å². The Morgan fingerprint density at radius 2 is 1.95 bits per heavy atom. The molecule has 4 heterocycles. The average Bonchev–Trinajstić information content (AvgIpc) is 3.31. The van der Waals surface area contributed by atoms with Gasteiger partial charge in [0.15, 0.2) is 0 Å². The quantitative estimate of drug-likeness (QED) is 0.221. The van der Waals surface area contributed by atoms with Crippen molar-refractivity contribution >= 4 is 43.3 Å². The number of halogens is 5. The van der Waals surface area contributed by atoms with Crippen LogP contribution in [0, 0.1) is 11.6 Å². The van der Waals surface area contributed by atoms with E-state index in [1.165, 1.54) is 29.2 Å². The summed E-state index contributed by atoms with van der Waals surface area (Å²) in [6, 6.07) is 5.77. The van der Waals surface area contributed by atoms with Crippen LogP contribution >= 0.6 is 0 Å². The summed E-state index contributed by atoms with van der Waals surface area (Å²) in [5.74, 6) is -3.41. The Hall–Kier alpha value is -3.60. The molecule has 2 unspecified atom stereocenters. The third-order valence-corrected chi connectivity index (χ3v) is 9.00. The van der Waals surface area contributed by atoms with Crippen LogP contribution in [-0.4, -0.2) is 65.4 Å². The van der Waals surface area contributed by atoms with Gasteiger partial charge in [-0.3, -0.25) is 0 Å². The number of nitrogen functional groups attached to an aromatic ring is 1. The molecule has 2 atom stereocenters. The van der Waals surface area contributed by atoms with Gasteiger partial charge in [-0.05, 0) is 0 Å². The summed E-state index contributed by atoms with van der Waals surface area (Å²) in [5, 5.41) is 4.16. The standard InChI is InChI=1S/C23H19AsF5N7O/c25-13-3-4-14(16(26)8-13)17-10-36-21(31-11-32-36)22(33-17)35-7-1-2-12(9-35)24-18-6-5-15(20(30)34-18)19(37)23(27,28)29/h3-6,8,10-12,24H,1-2,7,9H2,(H2,30,34). The molecule has 3 aromatic heterocycles. The van der Waals surface area contributed by atoms with E-state index >= 15 is 0 Å². The molecule has 5 rings (SSSR count). The van der Waals surface area contributed by atoms with Crippen molar-refractivity contribution in [3.63, 3.8) is 0 Å². The van der Waals surface area contributed by atoms with Crippen LogP contribution in [0.25, 0.3) is 16.9 Å². The second-order valence-corrected chi connectivity index (χ2v) is 11.9. The molecule has 0 aliphatic carbocycles. The van der Waals surface area contributed by atoms with E-state index in [0.29, 0.717) is 29.0 Å². The molecule has 0 spiro atoms. The molecule has 14 heteroatoms. The van der Waals surface area contributed by atoms with Crippen molar-refractivity contribution in [3.05, 3.63) is 60.1 Å². The Morgan fingerprint density at radius 1 is 1.14 bits per heavy atom. The normalized spacial score (nSPS) is 16.7. The molecule has 1 aliphatic heterocycles. The molecule has 1 fully saturated rings. The van der Waals surface area contributed by atoms with E-state index in [1.807, 2.05) is 4.90 Å². The first-order valence-electron chi connectivity index (χ1n) is 11.2. The van der Waals surface area contributed by atoms with Gasteiger partial charge in [-0.15, -0.1) is 0 Å². The number of pyridine rings is 1. The number of carbonyl (C=O) groups excluding carboxylic acids is 1. The summed E-state index contributed by atoms with van der Waals surface area (Å²) >= 11 is -0.946. The molecule has 1 aliphatic rings. The van der Waals surface area contributed by atoms with Crippen molar-refractivity contribution in [3.8, 4) is 11.3 Å². The van der Waals surface area contributed by atoms with Crippen LogP contribution < -0.4 is 15.1 Å². The number of Topliss-reactive ketones (excluding diaryl/α,β-unsaturated/α-hetero) is 1. The molecule has 192 valence electrons. The Bertz CT molecular complexity index is 1490. The summed E-state index contributed by atoms with van der Waals surface area (Å²) in [7, 11) is 0. The number of nitrogens with two attached hydrogens (primary N) is 1. The van der Waals surface area contributed by atoms with Gasteiger partial charge in [-0.1, -0.05) is 0 Å². The average molecular weight is 579 g/mol. The fourth-order valence-electron chi connectivity index (χ4n) is 4.25. The number of hydrogen-bond acceptors (Lipinski definition) is 7. The number of benzene rings is 1. The van der Waals surface area contributed by atoms with Crippen LogP contribution in [0.1, 0.15) is 23.2 Å². The van der Waals surface area contributed by atoms with Crippen LogP contribution in [0.2, 0.25) is 4.71 Å². The van der Waals surface area contributed by atoms with E-state index in [2.05, 4.69) is 20.1 Å². The minimum atomic E-state index is -5.02. The van der Waals surface area contributed by atoms with Crippen molar-refractivity contribution in [1.29, 1.82) is 0 Å². The summed E-state index contributed by atoms with van der Waals surface area (Å²) in [6.45, 7) is 1.22. The van der Waals surface area contributed by atoms with Crippen molar-refractivity contribution in [2.75, 3.05) is 23.7 Å². The number of ketones is 1. The summed E-state index contributed by atoms with van der Waals surface area (Å²) in [6.07, 6.45) is -0.462. The van der Waals surface area contributed by atoms with Crippen molar-refractivity contribution in [2.24, 2.45) is 0 Å². The zero-order valence-corrected chi connectivity index (χ0v) is 21.1. The van der Waals surface area contributed by atoms with Crippen molar-refractivity contribution in [1.82, 2.24) is 24.6 Å². The first kappa shape index (κ1) is 25.1. The number of hydrogen-bond donors (Lipinski definition) is 1. The summed E-state index contributed by atoms with van der Waals surface area (Å²) < 4.78 is 68.5. The van der Waals surface area contributed by atoms with Crippen molar-refractivity contribution in [2.45, 2.75) is 23.7 Å². The van der Waals surface area contributed by atoms with E-state index < -0.39 is 50.7 Å². The molecule has 2 N–H and O–H groups in total. The Morgan fingerprint density at radius 3 is 2.68 bits per heavy atom. The molecule has 0 amide bonds. The zero-order chi connectivity index (χ0) is 26.3. The van der Waals surface area contributed by atoms with Crippen LogP contribution in [0.5, 0.6) is 0 Å². The van der Waals surface area contributed by atoms with Crippen LogP contribution in [-0.2, 0) is 0 Å². The molecule has 37 heavy (non-hydrogen) atoms. The molecule has 0 bridgehead atoms. The number of carbonyl (C=O) groups is 1. The van der Waals surface area contributed by atoms with E-state index in [1.54, 1.807) is 0 Å². The molecular weight excluding hydrogens is 560 g/mol. The third-order valence-electron chi connectivity index (χ3n) is 5.95. The topological polar surface area (TPSA) is 102 Å². The Balaban J connectivity index is 1.40. The monoisotopic (exact) mass is 579 g/mol. The van der Waals surface area contributed by atoms with E-state index in [0.717, 1.165) is 31.0 Å². The third kappa shape index (κ3) is 5.13. The van der Waals surface area contributed by atoms with Crippen molar-refractivity contribution < 1.29 is 26.7 Å². The van der Waals surface area contributed by atoms with E-state index in [4.69, 9.17) is 5.73 Å². The number of rotatable bonds is 5. The van der Waals surface area contributed by atoms with Crippen LogP contribution in [0.15, 0.2) is 42.9 Å². The van der Waals surface area contributed by atoms with Gasteiger partial charge < -0.3 is 0 Å².